The maximum absolute atomic E-state index is 6.34. The molecule has 4 heteroatoms. The molecule has 100 valence electrons. The molecule has 1 N–H and O–H groups in total. The first-order chi connectivity index (χ1) is 8.70. The number of hydrogen-bond donors (Lipinski definition) is 1. The van der Waals surface area contributed by atoms with Crippen LogP contribution in [0.5, 0.6) is 0 Å². The minimum Gasteiger partial charge on any atom is -0.379 e. The first-order valence-electron chi connectivity index (χ1n) is 6.48. The van der Waals surface area contributed by atoms with Gasteiger partial charge in [-0.25, -0.2) is 0 Å². The quantitative estimate of drug-likeness (QED) is 0.857. The molecule has 2 rings (SSSR count). The Morgan fingerprint density at radius 3 is 2.83 bits per heavy atom. The van der Waals surface area contributed by atoms with Gasteiger partial charge < -0.3 is 10.1 Å². The summed E-state index contributed by atoms with van der Waals surface area (Å²) < 4.78 is 5.18. The van der Waals surface area contributed by atoms with Gasteiger partial charge in [0.25, 0.3) is 0 Å². The van der Waals surface area contributed by atoms with E-state index in [1.807, 2.05) is 11.8 Å². The van der Waals surface area contributed by atoms with E-state index in [-0.39, 0.29) is 0 Å². The SMILES string of the molecule is CCCNC(C)c1ccc(SC2COC2)c(Cl)c1. The maximum Gasteiger partial charge on any atom is 0.0611 e. The van der Waals surface area contributed by atoms with E-state index in [9.17, 15) is 0 Å². The Bertz CT molecular complexity index is 395. The lowest BCUT2D eigenvalue weighted by Gasteiger charge is -2.25. The minimum atomic E-state index is 0.355. The Hall–Kier alpha value is -0.220. The van der Waals surface area contributed by atoms with Crippen LogP contribution in [0.3, 0.4) is 0 Å². The van der Waals surface area contributed by atoms with Gasteiger partial charge in [0.2, 0.25) is 0 Å². The van der Waals surface area contributed by atoms with Crippen LogP contribution in [-0.2, 0) is 4.74 Å². The van der Waals surface area contributed by atoms with E-state index >= 15 is 0 Å². The monoisotopic (exact) mass is 285 g/mol. The number of thioether (sulfide) groups is 1. The van der Waals surface area contributed by atoms with Crippen LogP contribution < -0.4 is 5.32 Å². The normalized spacial score (nSPS) is 17.5. The summed E-state index contributed by atoms with van der Waals surface area (Å²) in [6.45, 7) is 7.07. The summed E-state index contributed by atoms with van der Waals surface area (Å²) >= 11 is 8.16. The number of ether oxygens (including phenoxy) is 1. The smallest absolute Gasteiger partial charge is 0.0611 e. The first-order valence-corrected chi connectivity index (χ1v) is 7.73. The predicted octanol–water partition coefficient (Wildman–Crippen LogP) is 3.89. The second-order valence-corrected chi connectivity index (χ2v) is 6.39. The molecule has 0 radical (unpaired) electrons. The largest absolute Gasteiger partial charge is 0.379 e. The number of hydrogen-bond acceptors (Lipinski definition) is 3. The second kappa shape index (κ2) is 6.80. The molecule has 1 aliphatic heterocycles. The van der Waals surface area contributed by atoms with Gasteiger partial charge in [-0.2, -0.15) is 0 Å². The van der Waals surface area contributed by atoms with Crippen molar-refractivity contribution in [2.45, 2.75) is 36.5 Å². The van der Waals surface area contributed by atoms with E-state index < -0.39 is 0 Å². The van der Waals surface area contributed by atoms with Crippen molar-refractivity contribution in [3.63, 3.8) is 0 Å². The molecule has 1 aliphatic rings. The molecule has 0 aromatic heterocycles. The van der Waals surface area contributed by atoms with E-state index in [1.165, 1.54) is 5.56 Å². The number of benzene rings is 1. The zero-order valence-corrected chi connectivity index (χ0v) is 12.5. The molecule has 1 aromatic rings. The summed E-state index contributed by atoms with van der Waals surface area (Å²) in [7, 11) is 0. The lowest BCUT2D eigenvalue weighted by molar-refractivity contribution is 0.0455. The highest BCUT2D eigenvalue weighted by molar-refractivity contribution is 8.00. The molecule has 0 saturated carbocycles. The molecular formula is C14H20ClNOS. The van der Waals surface area contributed by atoms with Gasteiger partial charge in [-0.05, 0) is 37.6 Å². The Kier molecular flexibility index (Phi) is 5.37. The van der Waals surface area contributed by atoms with Crippen molar-refractivity contribution >= 4 is 23.4 Å². The first kappa shape index (κ1) is 14.2. The molecule has 1 heterocycles. The number of halogens is 1. The lowest BCUT2D eigenvalue weighted by atomic mass is 10.1. The van der Waals surface area contributed by atoms with Crippen LogP contribution in [0.15, 0.2) is 23.1 Å². The van der Waals surface area contributed by atoms with Crippen molar-refractivity contribution in [2.75, 3.05) is 19.8 Å². The summed E-state index contributed by atoms with van der Waals surface area (Å²) in [5.41, 5.74) is 1.25. The third-order valence-electron chi connectivity index (χ3n) is 3.06. The van der Waals surface area contributed by atoms with Crippen LogP contribution in [0.4, 0.5) is 0 Å². The van der Waals surface area contributed by atoms with Gasteiger partial charge in [-0.15, -0.1) is 11.8 Å². The van der Waals surface area contributed by atoms with Crippen molar-refractivity contribution < 1.29 is 4.74 Å². The third kappa shape index (κ3) is 3.64. The van der Waals surface area contributed by atoms with Gasteiger partial charge in [0.05, 0.1) is 23.5 Å². The van der Waals surface area contributed by atoms with E-state index in [4.69, 9.17) is 16.3 Å². The molecule has 1 saturated heterocycles. The van der Waals surface area contributed by atoms with Gasteiger partial charge in [-0.1, -0.05) is 24.6 Å². The molecule has 0 spiro atoms. The van der Waals surface area contributed by atoms with Gasteiger partial charge in [0.15, 0.2) is 0 Å². The highest BCUT2D eigenvalue weighted by atomic mass is 35.5. The molecule has 1 unspecified atom stereocenters. The molecule has 1 fully saturated rings. The van der Waals surface area contributed by atoms with Gasteiger partial charge in [0.1, 0.15) is 0 Å². The zero-order valence-electron chi connectivity index (χ0n) is 10.9. The van der Waals surface area contributed by atoms with Crippen molar-refractivity contribution in [3.8, 4) is 0 Å². The Labute approximate surface area is 118 Å². The molecule has 0 bridgehead atoms. The van der Waals surface area contributed by atoms with Crippen LogP contribution in [-0.4, -0.2) is 25.0 Å². The predicted molar refractivity (Wildman–Crippen MR) is 78.6 cm³/mol. The van der Waals surface area contributed by atoms with Crippen molar-refractivity contribution in [2.24, 2.45) is 0 Å². The fourth-order valence-corrected chi connectivity index (χ4v) is 3.15. The van der Waals surface area contributed by atoms with E-state index in [0.717, 1.165) is 36.1 Å². The van der Waals surface area contributed by atoms with Crippen LogP contribution >= 0.6 is 23.4 Å². The standard InChI is InChI=1S/C14H20ClNOS/c1-3-6-16-10(2)11-4-5-14(13(15)7-11)18-12-8-17-9-12/h4-5,7,10,12,16H,3,6,8-9H2,1-2H3. The van der Waals surface area contributed by atoms with E-state index in [0.29, 0.717) is 11.3 Å². The van der Waals surface area contributed by atoms with Crippen LogP contribution in [0, 0.1) is 0 Å². The van der Waals surface area contributed by atoms with Gasteiger partial charge in [-0.3, -0.25) is 0 Å². The fraction of sp³-hybridized carbons (Fsp3) is 0.571. The van der Waals surface area contributed by atoms with Gasteiger partial charge >= 0.3 is 0 Å². The number of rotatable bonds is 6. The molecule has 1 aromatic carbocycles. The molecule has 0 aliphatic carbocycles. The van der Waals surface area contributed by atoms with Crippen LogP contribution in [0.1, 0.15) is 31.9 Å². The average Bonchev–Trinajstić information content (AvgIpc) is 2.32. The molecule has 18 heavy (non-hydrogen) atoms. The summed E-state index contributed by atoms with van der Waals surface area (Å²) in [5, 5.41) is 4.90. The summed E-state index contributed by atoms with van der Waals surface area (Å²) in [4.78, 5) is 1.16. The Morgan fingerprint density at radius 2 is 2.28 bits per heavy atom. The summed E-state index contributed by atoms with van der Waals surface area (Å²) in [5.74, 6) is 0. The minimum absolute atomic E-state index is 0.355. The van der Waals surface area contributed by atoms with E-state index in [1.54, 1.807) is 0 Å². The van der Waals surface area contributed by atoms with E-state index in [2.05, 4.69) is 37.4 Å². The Balaban J connectivity index is 1.99. The van der Waals surface area contributed by atoms with Gasteiger partial charge in [0, 0.05) is 10.9 Å². The van der Waals surface area contributed by atoms with Crippen LogP contribution in [0.2, 0.25) is 5.02 Å². The molecular weight excluding hydrogens is 266 g/mol. The topological polar surface area (TPSA) is 21.3 Å². The van der Waals surface area contributed by atoms with Crippen molar-refractivity contribution in [3.05, 3.63) is 28.8 Å². The summed E-state index contributed by atoms with van der Waals surface area (Å²) in [6, 6.07) is 6.73. The average molecular weight is 286 g/mol. The summed E-state index contributed by atoms with van der Waals surface area (Å²) in [6.07, 6.45) is 1.15. The highest BCUT2D eigenvalue weighted by Gasteiger charge is 2.20. The molecule has 0 amide bonds. The van der Waals surface area contributed by atoms with Crippen molar-refractivity contribution in [1.82, 2.24) is 5.32 Å². The lowest BCUT2D eigenvalue weighted by Crippen LogP contribution is -2.30. The zero-order chi connectivity index (χ0) is 13.0. The maximum atomic E-state index is 6.34. The number of nitrogens with one attached hydrogen (secondary N) is 1. The van der Waals surface area contributed by atoms with Crippen LogP contribution in [0.25, 0.3) is 0 Å². The Morgan fingerprint density at radius 1 is 1.50 bits per heavy atom. The highest BCUT2D eigenvalue weighted by Crippen LogP contribution is 2.34. The third-order valence-corrected chi connectivity index (χ3v) is 4.70. The molecule has 2 nitrogen and oxygen atoms in total. The molecule has 1 atom stereocenters. The second-order valence-electron chi connectivity index (χ2n) is 4.64. The fourth-order valence-electron chi connectivity index (χ4n) is 1.82. The van der Waals surface area contributed by atoms with Crippen molar-refractivity contribution in [1.29, 1.82) is 0 Å².